The second-order valence-electron chi connectivity index (χ2n) is 7.14. The van der Waals surface area contributed by atoms with Crippen molar-refractivity contribution in [1.29, 1.82) is 0 Å². The van der Waals surface area contributed by atoms with Gasteiger partial charge in [-0.2, -0.15) is 0 Å². The fraction of sp³-hybridized carbons (Fsp3) is 0.154. The molecule has 0 aliphatic carbocycles. The van der Waals surface area contributed by atoms with Crippen LogP contribution < -0.4 is 10.1 Å². The molecule has 3 aromatic rings. The van der Waals surface area contributed by atoms with E-state index in [4.69, 9.17) is 9.47 Å². The zero-order valence-electron chi connectivity index (χ0n) is 17.8. The van der Waals surface area contributed by atoms with Gasteiger partial charge in [0.25, 0.3) is 5.91 Å². The third-order valence-corrected chi connectivity index (χ3v) is 4.75. The predicted octanol–water partition coefficient (Wildman–Crippen LogP) is 5.25. The first-order valence-corrected chi connectivity index (χ1v) is 9.92. The quantitative estimate of drug-likeness (QED) is 0.423. The summed E-state index contributed by atoms with van der Waals surface area (Å²) in [4.78, 5) is 25.5. The number of benzene rings is 3. The van der Waals surface area contributed by atoms with Gasteiger partial charge in [-0.1, -0.05) is 54.6 Å². The SMILES string of the molecule is COc1ccc(/C=C/C(=O)O[C@@H](C(=O)Nc2cc(C)ccc2C)c2ccccc2)cc1. The van der Waals surface area contributed by atoms with Crippen LogP contribution in [0.5, 0.6) is 5.75 Å². The predicted molar refractivity (Wildman–Crippen MR) is 122 cm³/mol. The molecule has 31 heavy (non-hydrogen) atoms. The molecular weight excluding hydrogens is 390 g/mol. The summed E-state index contributed by atoms with van der Waals surface area (Å²) >= 11 is 0. The van der Waals surface area contributed by atoms with E-state index in [1.807, 2.05) is 50.2 Å². The summed E-state index contributed by atoms with van der Waals surface area (Å²) in [6.45, 7) is 3.87. The van der Waals surface area contributed by atoms with Crippen LogP contribution in [0.25, 0.3) is 6.08 Å². The van der Waals surface area contributed by atoms with Crippen LogP contribution in [-0.4, -0.2) is 19.0 Å². The Morgan fingerprint density at radius 1 is 0.935 bits per heavy atom. The molecule has 0 aromatic heterocycles. The van der Waals surface area contributed by atoms with Crippen molar-refractivity contribution in [3.63, 3.8) is 0 Å². The number of hydrogen-bond donors (Lipinski definition) is 1. The summed E-state index contributed by atoms with van der Waals surface area (Å²) < 4.78 is 10.7. The van der Waals surface area contributed by atoms with E-state index in [0.717, 1.165) is 22.4 Å². The summed E-state index contributed by atoms with van der Waals surface area (Å²) in [7, 11) is 1.59. The minimum atomic E-state index is -1.07. The number of rotatable bonds is 7. The molecule has 0 saturated heterocycles. The zero-order chi connectivity index (χ0) is 22.2. The molecule has 5 nitrogen and oxygen atoms in total. The molecule has 1 N–H and O–H groups in total. The number of hydrogen-bond acceptors (Lipinski definition) is 4. The van der Waals surface area contributed by atoms with E-state index in [0.29, 0.717) is 11.3 Å². The van der Waals surface area contributed by atoms with Gasteiger partial charge in [0.15, 0.2) is 0 Å². The van der Waals surface area contributed by atoms with Gasteiger partial charge >= 0.3 is 5.97 Å². The summed E-state index contributed by atoms with van der Waals surface area (Å²) in [5.41, 5.74) is 4.05. The van der Waals surface area contributed by atoms with Crippen LogP contribution in [0.15, 0.2) is 78.9 Å². The Morgan fingerprint density at radius 3 is 2.32 bits per heavy atom. The first kappa shape index (κ1) is 21.8. The third-order valence-electron chi connectivity index (χ3n) is 4.75. The lowest BCUT2D eigenvalue weighted by atomic mass is 10.1. The van der Waals surface area contributed by atoms with Crippen LogP contribution >= 0.6 is 0 Å². The summed E-state index contributed by atoms with van der Waals surface area (Å²) in [6, 6.07) is 22.0. The normalized spacial score (nSPS) is 11.7. The topological polar surface area (TPSA) is 64.6 Å². The molecule has 1 atom stereocenters. The molecule has 5 heteroatoms. The maximum absolute atomic E-state index is 13.0. The summed E-state index contributed by atoms with van der Waals surface area (Å²) in [5.74, 6) is -0.293. The molecule has 1 amide bonds. The first-order chi connectivity index (χ1) is 15.0. The highest BCUT2D eigenvalue weighted by Crippen LogP contribution is 2.23. The van der Waals surface area contributed by atoms with Crippen LogP contribution in [0, 0.1) is 13.8 Å². The molecule has 0 spiro atoms. The number of esters is 1. The number of aryl methyl sites for hydroxylation is 2. The molecule has 0 unspecified atom stereocenters. The van der Waals surface area contributed by atoms with Crippen LogP contribution in [-0.2, 0) is 14.3 Å². The Morgan fingerprint density at radius 2 is 1.65 bits per heavy atom. The van der Waals surface area contributed by atoms with Gasteiger partial charge in [0, 0.05) is 17.3 Å². The number of nitrogens with one attached hydrogen (secondary N) is 1. The van der Waals surface area contributed by atoms with Crippen molar-refractivity contribution in [2.24, 2.45) is 0 Å². The Hall–Kier alpha value is -3.86. The van der Waals surface area contributed by atoms with E-state index in [1.165, 1.54) is 6.08 Å². The van der Waals surface area contributed by atoms with E-state index in [9.17, 15) is 9.59 Å². The second kappa shape index (κ2) is 10.3. The summed E-state index contributed by atoms with van der Waals surface area (Å²) in [5, 5.41) is 2.89. The molecule has 3 aromatic carbocycles. The van der Waals surface area contributed by atoms with Crippen molar-refractivity contribution in [3.05, 3.63) is 101 Å². The van der Waals surface area contributed by atoms with Gasteiger partial charge in [0.1, 0.15) is 5.75 Å². The molecule has 0 heterocycles. The van der Waals surface area contributed by atoms with E-state index in [1.54, 1.807) is 49.6 Å². The highest BCUT2D eigenvalue weighted by molar-refractivity contribution is 5.98. The highest BCUT2D eigenvalue weighted by Gasteiger charge is 2.24. The van der Waals surface area contributed by atoms with Crippen LogP contribution in [0.4, 0.5) is 5.69 Å². The van der Waals surface area contributed by atoms with Crippen molar-refractivity contribution in [2.75, 3.05) is 12.4 Å². The van der Waals surface area contributed by atoms with Gasteiger partial charge in [-0.05, 0) is 54.8 Å². The largest absolute Gasteiger partial charge is 0.497 e. The number of methoxy groups -OCH3 is 1. The van der Waals surface area contributed by atoms with E-state index >= 15 is 0 Å². The van der Waals surface area contributed by atoms with Crippen LogP contribution in [0.1, 0.15) is 28.4 Å². The van der Waals surface area contributed by atoms with E-state index < -0.39 is 18.0 Å². The van der Waals surface area contributed by atoms with Gasteiger partial charge in [0.2, 0.25) is 6.10 Å². The maximum Gasteiger partial charge on any atom is 0.331 e. The monoisotopic (exact) mass is 415 g/mol. The standard InChI is InChI=1S/C26H25NO4/c1-18-9-10-19(2)23(17-18)27-26(29)25(21-7-5-4-6-8-21)31-24(28)16-13-20-11-14-22(30-3)15-12-20/h4-17,25H,1-3H3,(H,27,29)/b16-13+/t25-/m1/s1. The lowest BCUT2D eigenvalue weighted by Gasteiger charge is -2.18. The van der Waals surface area contributed by atoms with E-state index in [-0.39, 0.29) is 0 Å². The zero-order valence-corrected chi connectivity index (χ0v) is 17.8. The highest BCUT2D eigenvalue weighted by atomic mass is 16.5. The van der Waals surface area contributed by atoms with Gasteiger partial charge < -0.3 is 14.8 Å². The van der Waals surface area contributed by atoms with Crippen molar-refractivity contribution >= 4 is 23.6 Å². The number of anilines is 1. The second-order valence-corrected chi connectivity index (χ2v) is 7.14. The van der Waals surface area contributed by atoms with Crippen molar-refractivity contribution in [3.8, 4) is 5.75 Å². The smallest absolute Gasteiger partial charge is 0.331 e. The molecule has 3 rings (SSSR count). The Balaban J connectivity index is 1.77. The summed E-state index contributed by atoms with van der Waals surface area (Å²) in [6.07, 6.45) is 1.86. The number of carbonyl (C=O) groups excluding carboxylic acids is 2. The lowest BCUT2D eigenvalue weighted by molar-refractivity contribution is -0.149. The molecule has 158 valence electrons. The molecule has 0 aliphatic heterocycles. The minimum Gasteiger partial charge on any atom is -0.497 e. The van der Waals surface area contributed by atoms with Crippen molar-refractivity contribution in [2.45, 2.75) is 20.0 Å². The Labute approximate surface area is 182 Å². The van der Waals surface area contributed by atoms with Gasteiger partial charge in [-0.25, -0.2) is 4.79 Å². The van der Waals surface area contributed by atoms with E-state index in [2.05, 4.69) is 5.32 Å². The lowest BCUT2D eigenvalue weighted by Crippen LogP contribution is -2.25. The maximum atomic E-state index is 13.0. The van der Waals surface area contributed by atoms with Crippen LogP contribution in [0.3, 0.4) is 0 Å². The Bertz CT molecular complexity index is 1070. The fourth-order valence-electron chi connectivity index (χ4n) is 3.00. The van der Waals surface area contributed by atoms with Gasteiger partial charge in [-0.15, -0.1) is 0 Å². The van der Waals surface area contributed by atoms with Crippen molar-refractivity contribution in [1.82, 2.24) is 0 Å². The molecular formula is C26H25NO4. The number of carbonyl (C=O) groups is 2. The average molecular weight is 415 g/mol. The molecule has 0 radical (unpaired) electrons. The molecule has 0 bridgehead atoms. The third kappa shape index (κ3) is 6.06. The Kier molecular flexibility index (Phi) is 7.22. The fourth-order valence-corrected chi connectivity index (χ4v) is 3.00. The first-order valence-electron chi connectivity index (χ1n) is 9.92. The van der Waals surface area contributed by atoms with Gasteiger partial charge in [-0.3, -0.25) is 4.79 Å². The van der Waals surface area contributed by atoms with Crippen molar-refractivity contribution < 1.29 is 19.1 Å². The van der Waals surface area contributed by atoms with Crippen LogP contribution in [0.2, 0.25) is 0 Å². The molecule has 0 aliphatic rings. The minimum absolute atomic E-state index is 0.411. The molecule has 0 saturated carbocycles. The molecule has 0 fully saturated rings. The average Bonchev–Trinajstić information content (AvgIpc) is 2.79. The number of ether oxygens (including phenoxy) is 2. The van der Waals surface area contributed by atoms with Gasteiger partial charge in [0.05, 0.1) is 7.11 Å². The number of amides is 1.